The molecular formula is C24H27ClF2N6O2. The Morgan fingerprint density at radius 1 is 1.20 bits per heavy atom. The average molecular weight is 505 g/mol. The van der Waals surface area contributed by atoms with Gasteiger partial charge in [-0.3, -0.25) is 9.58 Å². The maximum atomic E-state index is 13.5. The molecule has 3 fully saturated rings. The number of aromatic nitrogens is 4. The molecular weight excluding hydrogens is 478 g/mol. The summed E-state index contributed by atoms with van der Waals surface area (Å²) in [7, 11) is 0. The van der Waals surface area contributed by atoms with Crippen LogP contribution in [-0.2, 0) is 4.74 Å². The fraction of sp³-hybridized carbons (Fsp3) is 0.542. The molecule has 0 spiro atoms. The van der Waals surface area contributed by atoms with Crippen LogP contribution < -0.4 is 5.32 Å². The number of benzene rings is 1. The minimum atomic E-state index is -2.69. The third-order valence-electron chi connectivity index (χ3n) is 7.54. The maximum absolute atomic E-state index is 13.5. The van der Waals surface area contributed by atoms with Crippen LogP contribution in [0.15, 0.2) is 24.5 Å². The van der Waals surface area contributed by atoms with Crippen LogP contribution in [0.5, 0.6) is 0 Å². The highest BCUT2D eigenvalue weighted by Crippen LogP contribution is 2.53. The van der Waals surface area contributed by atoms with Gasteiger partial charge in [0.1, 0.15) is 6.04 Å². The summed E-state index contributed by atoms with van der Waals surface area (Å²) in [5, 5.41) is 18.9. The lowest BCUT2D eigenvalue weighted by atomic mass is 9.88. The summed E-state index contributed by atoms with van der Waals surface area (Å²) in [6.07, 6.45) is 4.52. The van der Waals surface area contributed by atoms with Crippen LogP contribution in [0.4, 0.5) is 20.4 Å². The number of nitrogens with one attached hydrogen (secondary N) is 1. The van der Waals surface area contributed by atoms with Crippen molar-refractivity contribution in [3.8, 4) is 0 Å². The van der Waals surface area contributed by atoms with E-state index in [1.54, 1.807) is 13.1 Å². The molecule has 6 rings (SSSR count). The molecule has 8 nitrogen and oxygen atoms in total. The number of hydrogen-bond donors (Lipinski definition) is 2. The zero-order valence-electron chi connectivity index (χ0n) is 19.3. The van der Waals surface area contributed by atoms with E-state index in [9.17, 15) is 13.9 Å². The van der Waals surface area contributed by atoms with E-state index in [1.807, 2.05) is 12.1 Å². The van der Waals surface area contributed by atoms with Crippen LogP contribution in [0.3, 0.4) is 0 Å². The van der Waals surface area contributed by atoms with Gasteiger partial charge in [0.15, 0.2) is 0 Å². The standard InChI is InChI=1S/C24H27ClF2N6O2/c1-13-19(10-29-33(13)22-8-24(22,26)27)31-23-28-9-15-6-17(25)16(7-18(15)30-23)14-2-4-32(5-3-14)20-11-35-12-21(20)34/h6-7,9-10,14,20-22,34H,2-5,8,11-12H2,1H3,(H,28,30,31)/t20?,21-,22?/m1/s1. The summed E-state index contributed by atoms with van der Waals surface area (Å²) < 4.78 is 33.7. The summed E-state index contributed by atoms with van der Waals surface area (Å²) in [5.74, 6) is -2.01. The van der Waals surface area contributed by atoms with E-state index in [-0.39, 0.29) is 12.5 Å². The summed E-state index contributed by atoms with van der Waals surface area (Å²) in [6, 6.07) is 3.12. The Morgan fingerprint density at radius 2 is 1.97 bits per heavy atom. The number of fused-ring (bicyclic) bond motifs is 1. The molecule has 0 radical (unpaired) electrons. The van der Waals surface area contributed by atoms with Crippen molar-refractivity contribution in [2.24, 2.45) is 0 Å². The monoisotopic (exact) mass is 504 g/mol. The lowest BCUT2D eigenvalue weighted by Crippen LogP contribution is -2.46. The Bertz CT molecular complexity index is 1260. The molecule has 4 heterocycles. The van der Waals surface area contributed by atoms with E-state index < -0.39 is 18.1 Å². The molecule has 1 aliphatic carbocycles. The Kier molecular flexibility index (Phi) is 5.67. The van der Waals surface area contributed by atoms with Gasteiger partial charge in [0.2, 0.25) is 5.95 Å². The Labute approximate surface area is 206 Å². The number of ether oxygens (including phenoxy) is 1. The number of alkyl halides is 2. The van der Waals surface area contributed by atoms with Gasteiger partial charge in [0.25, 0.3) is 5.92 Å². The van der Waals surface area contributed by atoms with Crippen molar-refractivity contribution >= 4 is 34.1 Å². The SMILES string of the molecule is Cc1c(Nc2ncc3cc(Cl)c(C4CCN(C5COC[C@H]5O)CC4)cc3n2)cnn1C1CC1(F)F. The van der Waals surface area contributed by atoms with Gasteiger partial charge < -0.3 is 15.2 Å². The second-order valence-electron chi connectivity index (χ2n) is 9.80. The van der Waals surface area contributed by atoms with E-state index in [0.717, 1.165) is 42.4 Å². The van der Waals surface area contributed by atoms with Crippen LogP contribution in [0.2, 0.25) is 5.02 Å². The molecule has 2 unspecified atom stereocenters. The number of aliphatic hydroxyl groups is 1. The number of nitrogens with zero attached hydrogens (tertiary/aromatic N) is 5. The molecule has 2 aromatic heterocycles. The van der Waals surface area contributed by atoms with Gasteiger partial charge in [-0.2, -0.15) is 5.10 Å². The number of hydrogen-bond acceptors (Lipinski definition) is 7. The van der Waals surface area contributed by atoms with Crippen LogP contribution >= 0.6 is 11.6 Å². The van der Waals surface area contributed by atoms with Gasteiger partial charge in [-0.05, 0) is 56.5 Å². The Hall–Kier alpha value is -2.40. The molecule has 3 aliphatic rings. The van der Waals surface area contributed by atoms with Gasteiger partial charge in [-0.1, -0.05) is 11.6 Å². The number of halogens is 3. The quantitative estimate of drug-likeness (QED) is 0.542. The summed E-state index contributed by atoms with van der Waals surface area (Å²) in [5.41, 5.74) is 3.05. The fourth-order valence-corrected chi connectivity index (χ4v) is 5.63. The van der Waals surface area contributed by atoms with Crippen molar-refractivity contribution in [2.45, 2.75) is 56.2 Å². The lowest BCUT2D eigenvalue weighted by Gasteiger charge is -2.36. The minimum Gasteiger partial charge on any atom is -0.389 e. The molecule has 2 N–H and O–H groups in total. The third kappa shape index (κ3) is 4.26. The molecule has 2 saturated heterocycles. The van der Waals surface area contributed by atoms with Crippen molar-refractivity contribution in [3.05, 3.63) is 40.8 Å². The van der Waals surface area contributed by atoms with Crippen LogP contribution in [-0.4, -0.2) is 74.1 Å². The highest BCUT2D eigenvalue weighted by Gasteiger charge is 2.59. The van der Waals surface area contributed by atoms with Crippen molar-refractivity contribution in [3.63, 3.8) is 0 Å². The largest absolute Gasteiger partial charge is 0.389 e. The second kappa shape index (κ2) is 8.62. The van der Waals surface area contributed by atoms with E-state index in [4.69, 9.17) is 16.3 Å². The van der Waals surface area contributed by atoms with Crippen LogP contribution in [0, 0.1) is 6.92 Å². The van der Waals surface area contributed by atoms with E-state index >= 15 is 0 Å². The van der Waals surface area contributed by atoms with Crippen LogP contribution in [0.1, 0.15) is 42.5 Å². The normalized spacial score (nSPS) is 26.9. The maximum Gasteiger partial charge on any atom is 0.272 e. The zero-order valence-corrected chi connectivity index (χ0v) is 20.0. The third-order valence-corrected chi connectivity index (χ3v) is 7.86. The molecule has 11 heteroatoms. The molecule has 3 atom stereocenters. The predicted octanol–water partition coefficient (Wildman–Crippen LogP) is 4.05. The Morgan fingerprint density at radius 3 is 2.66 bits per heavy atom. The lowest BCUT2D eigenvalue weighted by molar-refractivity contribution is 0.0663. The summed E-state index contributed by atoms with van der Waals surface area (Å²) in [6.45, 7) is 4.50. The van der Waals surface area contributed by atoms with Crippen molar-refractivity contribution in [1.29, 1.82) is 0 Å². The average Bonchev–Trinajstić information content (AvgIpc) is 3.11. The molecule has 35 heavy (non-hydrogen) atoms. The number of rotatable bonds is 5. The molecule has 186 valence electrons. The van der Waals surface area contributed by atoms with Crippen molar-refractivity contribution in [1.82, 2.24) is 24.6 Å². The van der Waals surface area contributed by atoms with Crippen LogP contribution in [0.25, 0.3) is 10.9 Å². The first-order chi connectivity index (χ1) is 16.8. The first kappa shape index (κ1) is 23.0. The van der Waals surface area contributed by atoms with E-state index in [0.29, 0.717) is 41.5 Å². The molecule has 3 aromatic rings. The first-order valence-electron chi connectivity index (χ1n) is 11.9. The number of piperidine rings is 1. The molecule has 1 aromatic carbocycles. The number of anilines is 2. The Balaban J connectivity index is 1.19. The zero-order chi connectivity index (χ0) is 24.3. The summed E-state index contributed by atoms with van der Waals surface area (Å²) >= 11 is 6.66. The van der Waals surface area contributed by atoms with Crippen molar-refractivity contribution < 1.29 is 18.6 Å². The highest BCUT2D eigenvalue weighted by atomic mass is 35.5. The highest BCUT2D eigenvalue weighted by molar-refractivity contribution is 6.32. The topological polar surface area (TPSA) is 88.3 Å². The van der Waals surface area contributed by atoms with Gasteiger partial charge in [-0.15, -0.1) is 0 Å². The van der Waals surface area contributed by atoms with E-state index in [2.05, 4.69) is 25.3 Å². The fourth-order valence-electron chi connectivity index (χ4n) is 5.31. The smallest absolute Gasteiger partial charge is 0.272 e. The van der Waals surface area contributed by atoms with Gasteiger partial charge in [0, 0.05) is 23.0 Å². The summed E-state index contributed by atoms with van der Waals surface area (Å²) in [4.78, 5) is 11.4. The number of likely N-dealkylation sites (tertiary alicyclic amines) is 1. The minimum absolute atomic E-state index is 0.0725. The molecule has 0 amide bonds. The molecule has 0 bridgehead atoms. The van der Waals surface area contributed by atoms with E-state index in [1.165, 1.54) is 10.9 Å². The molecule has 2 aliphatic heterocycles. The number of aliphatic hydroxyl groups excluding tert-OH is 1. The van der Waals surface area contributed by atoms with Crippen molar-refractivity contribution in [2.75, 3.05) is 31.6 Å². The first-order valence-corrected chi connectivity index (χ1v) is 12.3. The predicted molar refractivity (Wildman–Crippen MR) is 128 cm³/mol. The van der Waals surface area contributed by atoms with Gasteiger partial charge >= 0.3 is 0 Å². The molecule has 1 saturated carbocycles. The van der Waals surface area contributed by atoms with Gasteiger partial charge in [0.05, 0.1) is 48.5 Å². The van der Waals surface area contributed by atoms with Gasteiger partial charge in [-0.25, -0.2) is 18.7 Å². The second-order valence-corrected chi connectivity index (χ2v) is 10.2.